The van der Waals surface area contributed by atoms with Crippen molar-refractivity contribution in [2.75, 3.05) is 13.1 Å². The van der Waals surface area contributed by atoms with Gasteiger partial charge >= 0.3 is 11.8 Å². The molecule has 2 aromatic carbocycles. The fraction of sp³-hybridized carbons (Fsp3) is 0.462. The van der Waals surface area contributed by atoms with Crippen molar-refractivity contribution in [3.63, 3.8) is 0 Å². The van der Waals surface area contributed by atoms with Crippen LogP contribution in [0.3, 0.4) is 0 Å². The van der Waals surface area contributed by atoms with E-state index in [0.717, 1.165) is 36.7 Å². The summed E-state index contributed by atoms with van der Waals surface area (Å²) in [4.78, 5) is 27.6. The number of hydrogen-bond acceptors (Lipinski definition) is 3. The van der Waals surface area contributed by atoms with Gasteiger partial charge in [-0.05, 0) is 64.2 Å². The van der Waals surface area contributed by atoms with Crippen LogP contribution in [0.5, 0.6) is 0 Å². The number of ether oxygens (including phenoxy) is 1. The number of rotatable bonds is 5. The predicted molar refractivity (Wildman–Crippen MR) is 127 cm³/mol. The van der Waals surface area contributed by atoms with Gasteiger partial charge < -0.3 is 9.64 Å². The van der Waals surface area contributed by atoms with Gasteiger partial charge in [0.25, 0.3) is 0 Å². The number of benzene rings is 2. The topological polar surface area (TPSA) is 56.5 Å². The van der Waals surface area contributed by atoms with Crippen LogP contribution in [0.4, 0.5) is 4.79 Å². The highest BCUT2D eigenvalue weighted by Crippen LogP contribution is 2.27. The molecule has 0 atom stereocenters. The summed E-state index contributed by atoms with van der Waals surface area (Å²) in [6.07, 6.45) is 3.08. The highest BCUT2D eigenvalue weighted by molar-refractivity contribution is 5.76. The van der Waals surface area contributed by atoms with Crippen molar-refractivity contribution < 1.29 is 9.53 Å². The lowest BCUT2D eigenvalue weighted by Gasteiger charge is -2.33. The second kappa shape index (κ2) is 9.23. The fourth-order valence-corrected chi connectivity index (χ4v) is 4.52. The van der Waals surface area contributed by atoms with E-state index in [1.807, 2.05) is 60.2 Å². The molecular weight excluding hydrogens is 402 g/mol. The number of aryl methyl sites for hydroxylation is 2. The zero-order valence-corrected chi connectivity index (χ0v) is 19.3. The molecule has 6 heteroatoms. The Kier molecular flexibility index (Phi) is 6.40. The summed E-state index contributed by atoms with van der Waals surface area (Å²) in [6.45, 7) is 7.52. The van der Waals surface area contributed by atoms with Crippen LogP contribution in [-0.4, -0.2) is 38.8 Å². The Hall–Kier alpha value is -3.02. The third kappa shape index (κ3) is 4.90. The summed E-state index contributed by atoms with van der Waals surface area (Å²) in [6, 6.07) is 18.5. The van der Waals surface area contributed by atoms with Crippen LogP contribution in [0.2, 0.25) is 0 Å². The molecule has 0 unspecified atom stereocenters. The van der Waals surface area contributed by atoms with Gasteiger partial charge in [0, 0.05) is 25.7 Å². The number of imidazole rings is 1. The first-order valence-corrected chi connectivity index (χ1v) is 11.5. The predicted octanol–water partition coefficient (Wildman–Crippen LogP) is 5.01. The van der Waals surface area contributed by atoms with Gasteiger partial charge in [-0.3, -0.25) is 9.13 Å². The number of para-hydroxylation sites is 2. The average molecular weight is 436 g/mol. The van der Waals surface area contributed by atoms with Crippen LogP contribution < -0.4 is 5.69 Å². The molecule has 6 nitrogen and oxygen atoms in total. The molecule has 0 aliphatic carbocycles. The first-order valence-electron chi connectivity index (χ1n) is 11.5. The third-order valence-electron chi connectivity index (χ3n) is 6.04. The number of hydrogen-bond donors (Lipinski definition) is 0. The van der Waals surface area contributed by atoms with Crippen LogP contribution in [0.15, 0.2) is 59.4 Å². The van der Waals surface area contributed by atoms with E-state index in [-0.39, 0.29) is 17.8 Å². The molecule has 1 aliphatic rings. The van der Waals surface area contributed by atoms with Crippen molar-refractivity contribution in [2.45, 2.75) is 64.6 Å². The maximum absolute atomic E-state index is 13.5. The molecule has 2 heterocycles. The maximum atomic E-state index is 13.5. The van der Waals surface area contributed by atoms with Gasteiger partial charge in [-0.1, -0.05) is 42.5 Å². The number of piperidine rings is 1. The average Bonchev–Trinajstić information content (AvgIpc) is 3.05. The lowest BCUT2D eigenvalue weighted by atomic mass is 10.0. The Morgan fingerprint density at radius 1 is 0.969 bits per heavy atom. The quantitative estimate of drug-likeness (QED) is 0.566. The van der Waals surface area contributed by atoms with Crippen molar-refractivity contribution in [1.82, 2.24) is 14.0 Å². The maximum Gasteiger partial charge on any atom is 0.410 e. The molecule has 170 valence electrons. The monoisotopic (exact) mass is 435 g/mol. The van der Waals surface area contributed by atoms with Crippen molar-refractivity contribution in [3.05, 3.63) is 70.6 Å². The van der Waals surface area contributed by atoms with E-state index in [0.29, 0.717) is 19.6 Å². The standard InChI is InChI=1S/C26H33N3O3/c1-26(2,3)32-25(31)27-18-15-21(16-19-27)29-23-14-8-7-13-22(23)28(24(29)30)17-9-12-20-10-5-4-6-11-20/h4-8,10-11,13-14,21H,9,12,15-19H2,1-3H3. The fourth-order valence-electron chi connectivity index (χ4n) is 4.52. The first-order chi connectivity index (χ1) is 15.3. The largest absolute Gasteiger partial charge is 0.444 e. The summed E-state index contributed by atoms with van der Waals surface area (Å²) in [7, 11) is 0. The van der Waals surface area contributed by atoms with Crippen LogP contribution in [0.1, 0.15) is 51.6 Å². The van der Waals surface area contributed by atoms with Gasteiger partial charge in [-0.2, -0.15) is 0 Å². The minimum atomic E-state index is -0.502. The number of carbonyl (C=O) groups excluding carboxylic acids is 1. The molecule has 1 saturated heterocycles. The number of fused-ring (bicyclic) bond motifs is 1. The smallest absolute Gasteiger partial charge is 0.410 e. The zero-order chi connectivity index (χ0) is 22.7. The second-order valence-corrected chi connectivity index (χ2v) is 9.58. The van der Waals surface area contributed by atoms with Gasteiger partial charge in [-0.15, -0.1) is 0 Å². The van der Waals surface area contributed by atoms with Crippen LogP contribution in [0.25, 0.3) is 11.0 Å². The molecule has 1 aromatic heterocycles. The van der Waals surface area contributed by atoms with E-state index in [1.165, 1.54) is 5.56 Å². The number of likely N-dealkylation sites (tertiary alicyclic amines) is 1. The zero-order valence-electron chi connectivity index (χ0n) is 19.3. The van der Waals surface area contributed by atoms with E-state index in [4.69, 9.17) is 4.74 Å². The summed E-state index contributed by atoms with van der Waals surface area (Å²) < 4.78 is 9.38. The molecule has 0 saturated carbocycles. The van der Waals surface area contributed by atoms with E-state index < -0.39 is 5.60 Å². The number of aromatic nitrogens is 2. The van der Waals surface area contributed by atoms with Gasteiger partial charge in [-0.25, -0.2) is 9.59 Å². The highest BCUT2D eigenvalue weighted by Gasteiger charge is 2.29. The minimum Gasteiger partial charge on any atom is -0.444 e. The van der Waals surface area contributed by atoms with Crippen LogP contribution in [0, 0.1) is 0 Å². The van der Waals surface area contributed by atoms with Crippen LogP contribution >= 0.6 is 0 Å². The Morgan fingerprint density at radius 3 is 2.25 bits per heavy atom. The summed E-state index contributed by atoms with van der Waals surface area (Å²) in [5, 5.41) is 0. The van der Waals surface area contributed by atoms with E-state index in [2.05, 4.69) is 24.3 Å². The molecule has 4 rings (SSSR count). The Balaban J connectivity index is 1.49. The Labute approximate surface area is 189 Å². The number of amides is 1. The normalized spacial score (nSPS) is 15.3. The molecule has 1 aliphatic heterocycles. The van der Waals surface area contributed by atoms with E-state index >= 15 is 0 Å². The Bertz CT molecular complexity index is 1120. The molecule has 32 heavy (non-hydrogen) atoms. The molecule has 0 radical (unpaired) electrons. The lowest BCUT2D eigenvalue weighted by molar-refractivity contribution is 0.0188. The van der Waals surface area contributed by atoms with Crippen molar-refractivity contribution in [3.8, 4) is 0 Å². The van der Waals surface area contributed by atoms with E-state index in [1.54, 1.807) is 4.90 Å². The SMILES string of the molecule is CC(C)(C)OC(=O)N1CCC(n2c(=O)n(CCCc3ccccc3)c3ccccc32)CC1. The molecular formula is C26H33N3O3. The van der Waals surface area contributed by atoms with Crippen LogP contribution in [-0.2, 0) is 17.7 Å². The number of carbonyl (C=O) groups is 1. The lowest BCUT2D eigenvalue weighted by Crippen LogP contribution is -2.43. The van der Waals surface area contributed by atoms with Gasteiger partial charge in [0.2, 0.25) is 0 Å². The summed E-state index contributed by atoms with van der Waals surface area (Å²) in [5.41, 5.74) is 2.81. The highest BCUT2D eigenvalue weighted by atomic mass is 16.6. The van der Waals surface area contributed by atoms with Gasteiger partial charge in [0.1, 0.15) is 5.60 Å². The molecule has 1 amide bonds. The minimum absolute atomic E-state index is 0.0509. The molecule has 3 aromatic rings. The third-order valence-corrected chi connectivity index (χ3v) is 6.04. The van der Waals surface area contributed by atoms with Crippen molar-refractivity contribution in [2.24, 2.45) is 0 Å². The van der Waals surface area contributed by atoms with Crippen molar-refractivity contribution in [1.29, 1.82) is 0 Å². The molecule has 0 bridgehead atoms. The molecule has 0 N–H and O–H groups in total. The summed E-state index contributed by atoms with van der Waals surface area (Å²) in [5.74, 6) is 0. The van der Waals surface area contributed by atoms with Gasteiger partial charge in [0.15, 0.2) is 0 Å². The second-order valence-electron chi connectivity index (χ2n) is 9.58. The van der Waals surface area contributed by atoms with Crippen molar-refractivity contribution >= 4 is 17.1 Å². The Morgan fingerprint density at radius 2 is 1.59 bits per heavy atom. The summed E-state index contributed by atoms with van der Waals surface area (Å²) >= 11 is 0. The van der Waals surface area contributed by atoms with E-state index in [9.17, 15) is 9.59 Å². The molecule has 1 fully saturated rings. The van der Waals surface area contributed by atoms with Gasteiger partial charge in [0.05, 0.1) is 11.0 Å². The first kappa shape index (κ1) is 22.2. The molecule has 0 spiro atoms. The number of nitrogens with zero attached hydrogens (tertiary/aromatic N) is 3.